The Morgan fingerprint density at radius 2 is 1.94 bits per heavy atom. The molecule has 0 radical (unpaired) electrons. The summed E-state index contributed by atoms with van der Waals surface area (Å²) in [7, 11) is 0. The summed E-state index contributed by atoms with van der Waals surface area (Å²) in [5.41, 5.74) is 10.3. The molecule has 1 atom stereocenters. The van der Waals surface area contributed by atoms with Crippen molar-refractivity contribution in [2.75, 3.05) is 0 Å². The predicted octanol–water partition coefficient (Wildman–Crippen LogP) is 3.98. The maximum atomic E-state index is 6.42. The molecule has 0 fully saturated rings. The third-order valence-corrected chi connectivity index (χ3v) is 4.37. The Balaban J connectivity index is 2.43. The minimum Gasteiger partial charge on any atom is -0.320 e. The highest BCUT2D eigenvalue weighted by Gasteiger charge is 2.16. The van der Waals surface area contributed by atoms with Gasteiger partial charge in [0.15, 0.2) is 0 Å². The lowest BCUT2D eigenvalue weighted by molar-refractivity contribution is 0.861. The molecule has 1 unspecified atom stereocenters. The van der Waals surface area contributed by atoms with Crippen molar-refractivity contribution in [3.8, 4) is 0 Å². The Kier molecular flexibility index (Phi) is 3.65. The second-order valence-corrected chi connectivity index (χ2v) is 5.72. The fraction of sp³-hybridized carbons (Fsp3) is 0.333. The molecule has 0 saturated carbocycles. The largest absolute Gasteiger partial charge is 0.320 e. The maximum Gasteiger partial charge on any atom is 0.0651 e. The van der Waals surface area contributed by atoms with E-state index in [1.54, 1.807) is 0 Å². The van der Waals surface area contributed by atoms with E-state index in [1.807, 2.05) is 11.3 Å². The summed E-state index contributed by atoms with van der Waals surface area (Å²) < 4.78 is 0. The van der Waals surface area contributed by atoms with Gasteiger partial charge in [0.05, 0.1) is 6.04 Å². The fourth-order valence-electron chi connectivity index (χ4n) is 2.27. The molecule has 0 saturated heterocycles. The van der Waals surface area contributed by atoms with Crippen LogP contribution < -0.4 is 5.73 Å². The van der Waals surface area contributed by atoms with E-state index in [9.17, 15) is 0 Å². The molecule has 0 spiro atoms. The molecule has 1 heterocycles. The number of rotatable bonds is 3. The molecule has 1 aromatic heterocycles. The van der Waals surface area contributed by atoms with Crippen molar-refractivity contribution in [1.82, 2.24) is 0 Å². The third kappa shape index (κ3) is 2.43. The van der Waals surface area contributed by atoms with Gasteiger partial charge in [0, 0.05) is 9.75 Å². The third-order valence-electron chi connectivity index (χ3n) is 3.13. The highest BCUT2D eigenvalue weighted by molar-refractivity contribution is 7.12. The summed E-state index contributed by atoms with van der Waals surface area (Å²) in [6.07, 6.45) is 1.03. The van der Waals surface area contributed by atoms with E-state index in [4.69, 9.17) is 5.73 Å². The zero-order chi connectivity index (χ0) is 12.4. The van der Waals surface area contributed by atoms with Crippen molar-refractivity contribution >= 4 is 11.3 Å². The van der Waals surface area contributed by atoms with Gasteiger partial charge < -0.3 is 5.73 Å². The van der Waals surface area contributed by atoms with Gasteiger partial charge in [-0.2, -0.15) is 0 Å². The van der Waals surface area contributed by atoms with Crippen molar-refractivity contribution in [2.24, 2.45) is 5.73 Å². The fourth-order valence-corrected chi connectivity index (χ4v) is 3.33. The lowest BCUT2D eigenvalue weighted by Gasteiger charge is -2.15. The molecular formula is C15H19NS. The Bertz CT molecular complexity index is 513. The van der Waals surface area contributed by atoms with Crippen molar-refractivity contribution in [3.05, 3.63) is 56.8 Å². The quantitative estimate of drug-likeness (QED) is 0.869. The topological polar surface area (TPSA) is 26.0 Å². The first-order chi connectivity index (χ1) is 8.13. The van der Waals surface area contributed by atoms with Gasteiger partial charge in [-0.15, -0.1) is 11.3 Å². The van der Waals surface area contributed by atoms with Crippen LogP contribution in [0.15, 0.2) is 30.3 Å². The normalized spacial score (nSPS) is 12.7. The molecule has 0 aliphatic carbocycles. The molecule has 2 N–H and O–H groups in total. The summed E-state index contributed by atoms with van der Waals surface area (Å²) in [6, 6.07) is 10.7. The molecule has 0 amide bonds. The molecule has 2 aromatic rings. The van der Waals surface area contributed by atoms with E-state index in [0.29, 0.717) is 0 Å². The number of nitrogens with two attached hydrogens (primary N) is 1. The second kappa shape index (κ2) is 5.03. The molecule has 90 valence electrons. The Hall–Kier alpha value is -1.12. The van der Waals surface area contributed by atoms with Crippen LogP contribution in [0, 0.1) is 13.8 Å². The maximum absolute atomic E-state index is 6.42. The van der Waals surface area contributed by atoms with Crippen LogP contribution in [-0.2, 0) is 6.42 Å². The highest BCUT2D eigenvalue weighted by Crippen LogP contribution is 2.31. The zero-order valence-electron chi connectivity index (χ0n) is 10.7. The molecule has 1 aromatic carbocycles. The number of aryl methyl sites for hydroxylation is 3. The van der Waals surface area contributed by atoms with Gasteiger partial charge >= 0.3 is 0 Å². The van der Waals surface area contributed by atoms with Crippen molar-refractivity contribution in [2.45, 2.75) is 33.2 Å². The molecule has 2 rings (SSSR count). The second-order valence-electron chi connectivity index (χ2n) is 4.43. The van der Waals surface area contributed by atoms with Crippen LogP contribution >= 0.6 is 11.3 Å². The number of benzene rings is 1. The van der Waals surface area contributed by atoms with Crippen LogP contribution in [0.3, 0.4) is 0 Å². The minimum absolute atomic E-state index is 0.0184. The minimum atomic E-state index is 0.0184. The van der Waals surface area contributed by atoms with Gasteiger partial charge in [0.1, 0.15) is 0 Å². The molecule has 0 bridgehead atoms. The summed E-state index contributed by atoms with van der Waals surface area (Å²) >= 11 is 1.81. The molecule has 0 aliphatic heterocycles. The first kappa shape index (κ1) is 12.3. The lowest BCUT2D eigenvalue weighted by atomic mass is 9.97. The van der Waals surface area contributed by atoms with Crippen molar-refractivity contribution in [1.29, 1.82) is 0 Å². The van der Waals surface area contributed by atoms with Gasteiger partial charge in [0.2, 0.25) is 0 Å². The molecule has 2 heteroatoms. The van der Waals surface area contributed by atoms with Gasteiger partial charge in [-0.25, -0.2) is 0 Å². The number of thiophene rings is 1. The predicted molar refractivity (Wildman–Crippen MR) is 75.6 cm³/mol. The van der Waals surface area contributed by atoms with Crippen LogP contribution in [0.5, 0.6) is 0 Å². The van der Waals surface area contributed by atoms with Crippen molar-refractivity contribution in [3.63, 3.8) is 0 Å². The van der Waals surface area contributed by atoms with E-state index >= 15 is 0 Å². The summed E-state index contributed by atoms with van der Waals surface area (Å²) in [6.45, 7) is 6.46. The number of hydrogen-bond donors (Lipinski definition) is 1. The lowest BCUT2D eigenvalue weighted by Crippen LogP contribution is -2.13. The Labute approximate surface area is 107 Å². The molecule has 1 nitrogen and oxygen atoms in total. The highest BCUT2D eigenvalue weighted by atomic mass is 32.1. The van der Waals surface area contributed by atoms with Crippen LogP contribution in [0.1, 0.15) is 39.4 Å². The standard InChI is InChI=1S/C15H19NS/c1-4-12-7-5-6-8-13(12)14(16)15-10(2)9-11(3)17-15/h5-9,14H,4,16H2,1-3H3. The van der Waals surface area contributed by atoms with Gasteiger partial charge in [-0.1, -0.05) is 31.2 Å². The summed E-state index contributed by atoms with van der Waals surface area (Å²) in [5, 5.41) is 0. The van der Waals surface area contributed by atoms with E-state index in [0.717, 1.165) is 6.42 Å². The van der Waals surface area contributed by atoms with E-state index in [2.05, 4.69) is 51.1 Å². The van der Waals surface area contributed by atoms with Crippen LogP contribution in [0.25, 0.3) is 0 Å². The van der Waals surface area contributed by atoms with Gasteiger partial charge in [-0.05, 0) is 43.0 Å². The first-order valence-corrected chi connectivity index (χ1v) is 6.85. The average Bonchev–Trinajstić information content (AvgIpc) is 2.67. The first-order valence-electron chi connectivity index (χ1n) is 6.03. The Morgan fingerprint density at radius 1 is 1.24 bits per heavy atom. The van der Waals surface area contributed by atoms with E-state index in [1.165, 1.54) is 26.4 Å². The molecular weight excluding hydrogens is 226 g/mol. The van der Waals surface area contributed by atoms with Gasteiger partial charge in [0.25, 0.3) is 0 Å². The average molecular weight is 245 g/mol. The smallest absolute Gasteiger partial charge is 0.0651 e. The van der Waals surface area contributed by atoms with E-state index < -0.39 is 0 Å². The van der Waals surface area contributed by atoms with Crippen molar-refractivity contribution < 1.29 is 0 Å². The zero-order valence-corrected chi connectivity index (χ0v) is 11.5. The molecule has 0 aliphatic rings. The van der Waals surface area contributed by atoms with Gasteiger partial charge in [-0.3, -0.25) is 0 Å². The Morgan fingerprint density at radius 3 is 2.53 bits per heavy atom. The summed E-state index contributed by atoms with van der Waals surface area (Å²) in [4.78, 5) is 2.63. The molecule has 17 heavy (non-hydrogen) atoms. The van der Waals surface area contributed by atoms with Crippen LogP contribution in [0.4, 0.5) is 0 Å². The van der Waals surface area contributed by atoms with Crippen LogP contribution in [-0.4, -0.2) is 0 Å². The number of hydrogen-bond acceptors (Lipinski definition) is 2. The SMILES string of the molecule is CCc1ccccc1C(N)c1sc(C)cc1C. The van der Waals surface area contributed by atoms with Crippen LogP contribution in [0.2, 0.25) is 0 Å². The summed E-state index contributed by atoms with van der Waals surface area (Å²) in [5.74, 6) is 0. The van der Waals surface area contributed by atoms with E-state index in [-0.39, 0.29) is 6.04 Å². The monoisotopic (exact) mass is 245 g/mol.